The molecule has 3 aromatic rings. The van der Waals surface area contributed by atoms with E-state index in [1.165, 1.54) is 0 Å². The first kappa shape index (κ1) is 14.6. The average Bonchev–Trinajstić information content (AvgIpc) is 2.52. The standard InChI is InChI=1S/C16H11Cl2N3O/c17-11-5-1-8-14(15(11)18)21-16(22)20-13-7-2-6-12-10(13)4-3-9-19-12/h1-9H,(H2,20,21,22). The van der Waals surface area contributed by atoms with E-state index in [-0.39, 0.29) is 0 Å². The third-order valence-electron chi connectivity index (χ3n) is 3.09. The summed E-state index contributed by atoms with van der Waals surface area (Å²) in [5.74, 6) is 0. The minimum atomic E-state index is -0.402. The van der Waals surface area contributed by atoms with Crippen LogP contribution in [0.4, 0.5) is 16.2 Å². The molecule has 0 bridgehead atoms. The smallest absolute Gasteiger partial charge is 0.307 e. The van der Waals surface area contributed by atoms with Gasteiger partial charge in [-0.05, 0) is 36.4 Å². The van der Waals surface area contributed by atoms with Gasteiger partial charge in [0, 0.05) is 11.6 Å². The van der Waals surface area contributed by atoms with Crippen molar-refractivity contribution in [2.45, 2.75) is 0 Å². The third-order valence-corrected chi connectivity index (χ3v) is 3.91. The van der Waals surface area contributed by atoms with Crippen molar-refractivity contribution in [1.29, 1.82) is 0 Å². The fraction of sp³-hybridized carbons (Fsp3) is 0. The van der Waals surface area contributed by atoms with Crippen molar-refractivity contribution in [1.82, 2.24) is 4.98 Å². The molecule has 2 amide bonds. The van der Waals surface area contributed by atoms with Crippen molar-refractivity contribution < 1.29 is 4.79 Å². The van der Waals surface area contributed by atoms with Crippen LogP contribution in [0, 0.1) is 0 Å². The van der Waals surface area contributed by atoms with Crippen molar-refractivity contribution in [3.8, 4) is 0 Å². The first-order valence-corrected chi connectivity index (χ1v) is 7.26. The van der Waals surface area contributed by atoms with E-state index in [0.29, 0.717) is 21.4 Å². The number of hydrogen-bond acceptors (Lipinski definition) is 2. The highest BCUT2D eigenvalue weighted by Gasteiger charge is 2.09. The summed E-state index contributed by atoms with van der Waals surface area (Å²) in [6, 6.07) is 13.9. The maximum atomic E-state index is 12.1. The zero-order valence-electron chi connectivity index (χ0n) is 11.3. The lowest BCUT2D eigenvalue weighted by atomic mass is 10.2. The molecule has 0 saturated carbocycles. The first-order chi connectivity index (χ1) is 10.6. The van der Waals surface area contributed by atoms with Gasteiger partial charge in [0.25, 0.3) is 0 Å². The van der Waals surface area contributed by atoms with E-state index in [1.807, 2.05) is 30.3 Å². The fourth-order valence-corrected chi connectivity index (χ4v) is 2.44. The van der Waals surface area contributed by atoms with Gasteiger partial charge >= 0.3 is 6.03 Å². The monoisotopic (exact) mass is 331 g/mol. The molecule has 6 heteroatoms. The minimum Gasteiger partial charge on any atom is -0.307 e. The quantitative estimate of drug-likeness (QED) is 0.679. The number of nitrogens with zero attached hydrogens (tertiary/aromatic N) is 1. The molecule has 4 nitrogen and oxygen atoms in total. The highest BCUT2D eigenvalue weighted by atomic mass is 35.5. The van der Waals surface area contributed by atoms with Gasteiger partial charge in [0.15, 0.2) is 0 Å². The lowest BCUT2D eigenvalue weighted by Gasteiger charge is -2.11. The lowest BCUT2D eigenvalue weighted by molar-refractivity contribution is 0.262. The van der Waals surface area contributed by atoms with E-state index in [2.05, 4.69) is 15.6 Å². The Morgan fingerprint density at radius 2 is 1.64 bits per heavy atom. The van der Waals surface area contributed by atoms with Gasteiger partial charge in [-0.2, -0.15) is 0 Å². The molecule has 0 aliphatic rings. The number of aromatic nitrogens is 1. The number of rotatable bonds is 2. The number of halogens is 2. The number of nitrogens with one attached hydrogen (secondary N) is 2. The summed E-state index contributed by atoms with van der Waals surface area (Å²) in [6.07, 6.45) is 1.71. The molecule has 0 aliphatic carbocycles. The van der Waals surface area contributed by atoms with Crippen molar-refractivity contribution >= 4 is 51.5 Å². The van der Waals surface area contributed by atoms with E-state index >= 15 is 0 Å². The molecular weight excluding hydrogens is 321 g/mol. The largest absolute Gasteiger partial charge is 0.323 e. The van der Waals surface area contributed by atoms with Crippen molar-refractivity contribution in [2.24, 2.45) is 0 Å². The molecule has 3 rings (SSSR count). The second-order valence-corrected chi connectivity index (χ2v) is 5.34. The van der Waals surface area contributed by atoms with Crippen LogP contribution in [0.15, 0.2) is 54.7 Å². The lowest BCUT2D eigenvalue weighted by Crippen LogP contribution is -2.19. The van der Waals surface area contributed by atoms with Crippen LogP contribution in [0.2, 0.25) is 10.0 Å². The molecular formula is C16H11Cl2N3O. The molecule has 1 heterocycles. The summed E-state index contributed by atoms with van der Waals surface area (Å²) in [5.41, 5.74) is 1.92. The van der Waals surface area contributed by atoms with Gasteiger partial charge < -0.3 is 10.6 Å². The number of carbonyl (C=O) groups excluding carboxylic acids is 1. The fourth-order valence-electron chi connectivity index (χ4n) is 2.09. The molecule has 22 heavy (non-hydrogen) atoms. The van der Waals surface area contributed by atoms with Gasteiger partial charge in [0.1, 0.15) is 0 Å². The van der Waals surface area contributed by atoms with Crippen molar-refractivity contribution in [3.63, 3.8) is 0 Å². The Bertz CT molecular complexity index is 846. The molecule has 1 aromatic heterocycles. The van der Waals surface area contributed by atoms with E-state index in [4.69, 9.17) is 23.2 Å². The summed E-state index contributed by atoms with van der Waals surface area (Å²) < 4.78 is 0. The molecule has 2 aromatic carbocycles. The molecule has 0 saturated heterocycles. The summed E-state index contributed by atoms with van der Waals surface area (Å²) in [6.45, 7) is 0. The molecule has 2 N–H and O–H groups in total. The molecule has 0 fully saturated rings. The van der Waals surface area contributed by atoms with Crippen LogP contribution in [-0.4, -0.2) is 11.0 Å². The van der Waals surface area contributed by atoms with Gasteiger partial charge in [-0.3, -0.25) is 4.98 Å². The average molecular weight is 332 g/mol. The number of pyridine rings is 1. The van der Waals surface area contributed by atoms with Gasteiger partial charge in [0.2, 0.25) is 0 Å². The number of fused-ring (bicyclic) bond motifs is 1. The highest BCUT2D eigenvalue weighted by Crippen LogP contribution is 2.29. The zero-order chi connectivity index (χ0) is 15.5. The Balaban J connectivity index is 1.83. The molecule has 0 unspecified atom stereocenters. The molecule has 0 aliphatic heterocycles. The molecule has 0 spiro atoms. The Morgan fingerprint density at radius 1 is 0.909 bits per heavy atom. The van der Waals surface area contributed by atoms with Crippen LogP contribution in [0.3, 0.4) is 0 Å². The van der Waals surface area contributed by atoms with E-state index in [0.717, 1.165) is 10.9 Å². The zero-order valence-corrected chi connectivity index (χ0v) is 12.8. The van der Waals surface area contributed by atoms with E-state index in [1.54, 1.807) is 24.4 Å². The number of amides is 2. The summed E-state index contributed by atoms with van der Waals surface area (Å²) in [5, 5.41) is 7.01. The van der Waals surface area contributed by atoms with Gasteiger partial charge in [0.05, 0.1) is 26.9 Å². The number of carbonyl (C=O) groups is 1. The first-order valence-electron chi connectivity index (χ1n) is 6.51. The SMILES string of the molecule is O=C(Nc1cccc(Cl)c1Cl)Nc1cccc2ncccc12. The molecule has 0 radical (unpaired) electrons. The van der Waals surface area contributed by atoms with Crippen LogP contribution in [0.5, 0.6) is 0 Å². The Kier molecular flexibility index (Phi) is 4.13. The van der Waals surface area contributed by atoms with E-state index in [9.17, 15) is 4.79 Å². The maximum absolute atomic E-state index is 12.1. The summed E-state index contributed by atoms with van der Waals surface area (Å²) >= 11 is 12.0. The number of benzene rings is 2. The van der Waals surface area contributed by atoms with Gasteiger partial charge in [-0.15, -0.1) is 0 Å². The minimum absolute atomic E-state index is 0.305. The van der Waals surface area contributed by atoms with Crippen LogP contribution >= 0.6 is 23.2 Å². The Morgan fingerprint density at radius 3 is 2.50 bits per heavy atom. The summed E-state index contributed by atoms with van der Waals surface area (Å²) in [4.78, 5) is 16.4. The topological polar surface area (TPSA) is 54.0 Å². The molecule has 110 valence electrons. The normalized spacial score (nSPS) is 10.5. The van der Waals surface area contributed by atoms with Crippen LogP contribution in [-0.2, 0) is 0 Å². The van der Waals surface area contributed by atoms with Gasteiger partial charge in [-0.1, -0.05) is 35.3 Å². The Labute approximate surface area is 137 Å². The predicted octanol–water partition coefficient (Wildman–Crippen LogP) is 5.19. The Hall–Kier alpha value is -2.30. The van der Waals surface area contributed by atoms with Crippen LogP contribution in [0.25, 0.3) is 10.9 Å². The number of hydrogen-bond donors (Lipinski definition) is 2. The van der Waals surface area contributed by atoms with E-state index < -0.39 is 6.03 Å². The third kappa shape index (κ3) is 2.98. The summed E-state index contributed by atoms with van der Waals surface area (Å²) in [7, 11) is 0. The van der Waals surface area contributed by atoms with Crippen molar-refractivity contribution in [2.75, 3.05) is 10.6 Å². The highest BCUT2D eigenvalue weighted by molar-refractivity contribution is 6.44. The second kappa shape index (κ2) is 6.22. The van der Waals surface area contributed by atoms with Crippen LogP contribution in [0.1, 0.15) is 0 Å². The second-order valence-electron chi connectivity index (χ2n) is 4.56. The van der Waals surface area contributed by atoms with Gasteiger partial charge in [-0.25, -0.2) is 4.79 Å². The molecule has 0 atom stereocenters. The maximum Gasteiger partial charge on any atom is 0.323 e. The predicted molar refractivity (Wildman–Crippen MR) is 90.8 cm³/mol. The van der Waals surface area contributed by atoms with Crippen molar-refractivity contribution in [3.05, 3.63) is 64.8 Å². The number of anilines is 2. The van der Waals surface area contributed by atoms with Crippen LogP contribution < -0.4 is 10.6 Å². The number of urea groups is 1.